The molecule has 0 spiro atoms. The first-order valence-electron chi connectivity index (χ1n) is 11.9. The molecule has 0 amide bonds. The van der Waals surface area contributed by atoms with Crippen LogP contribution in [0.25, 0.3) is 16.9 Å². The van der Waals surface area contributed by atoms with Crippen molar-refractivity contribution in [3.05, 3.63) is 102 Å². The number of halogens is 4. The molecule has 1 aromatic carbocycles. The van der Waals surface area contributed by atoms with E-state index in [4.69, 9.17) is 0 Å². The van der Waals surface area contributed by atoms with Gasteiger partial charge < -0.3 is 9.88 Å². The summed E-state index contributed by atoms with van der Waals surface area (Å²) in [6.45, 7) is 3.27. The third kappa shape index (κ3) is 6.09. The number of aryl methyl sites for hydroxylation is 2. The number of rotatable bonds is 7. The lowest BCUT2D eigenvalue weighted by atomic mass is 10.1. The van der Waals surface area contributed by atoms with Crippen LogP contribution in [0.1, 0.15) is 22.6 Å². The van der Waals surface area contributed by atoms with Crippen molar-refractivity contribution in [1.82, 2.24) is 29.5 Å². The van der Waals surface area contributed by atoms with E-state index in [1.165, 1.54) is 36.4 Å². The predicted octanol–water partition coefficient (Wildman–Crippen LogP) is 6.08. The van der Waals surface area contributed by atoms with E-state index in [0.29, 0.717) is 28.3 Å². The van der Waals surface area contributed by atoms with Crippen molar-refractivity contribution in [2.24, 2.45) is 5.10 Å². The molecular formula is C27H21F4N9. The third-order valence-corrected chi connectivity index (χ3v) is 5.64. The second-order valence-electron chi connectivity index (χ2n) is 8.69. The van der Waals surface area contributed by atoms with Gasteiger partial charge in [0.1, 0.15) is 5.69 Å². The highest BCUT2D eigenvalue weighted by Gasteiger charge is 2.31. The fraction of sp³-hybridized carbons (Fsp3) is 0.111. The first-order valence-corrected chi connectivity index (χ1v) is 11.9. The first kappa shape index (κ1) is 26.4. The van der Waals surface area contributed by atoms with E-state index in [1.807, 2.05) is 0 Å². The minimum absolute atomic E-state index is 0.0840. The summed E-state index contributed by atoms with van der Waals surface area (Å²) in [5.74, 6) is -0.471. The maximum absolute atomic E-state index is 14.5. The monoisotopic (exact) mass is 547 g/mol. The highest BCUT2D eigenvalue weighted by Crippen LogP contribution is 2.34. The zero-order valence-corrected chi connectivity index (χ0v) is 21.1. The zero-order chi connectivity index (χ0) is 28.3. The second kappa shape index (κ2) is 10.9. The van der Waals surface area contributed by atoms with Crippen LogP contribution in [0.4, 0.5) is 34.9 Å². The van der Waals surface area contributed by atoms with Gasteiger partial charge in [-0.1, -0.05) is 0 Å². The molecule has 0 bridgehead atoms. The molecule has 40 heavy (non-hydrogen) atoms. The van der Waals surface area contributed by atoms with E-state index >= 15 is 0 Å². The molecule has 5 rings (SSSR count). The Balaban J connectivity index is 1.30. The lowest BCUT2D eigenvalue weighted by Gasteiger charge is -2.14. The van der Waals surface area contributed by atoms with E-state index < -0.39 is 17.6 Å². The van der Waals surface area contributed by atoms with Crippen molar-refractivity contribution in [1.29, 1.82) is 0 Å². The topological polar surface area (TPSA) is 106 Å². The second-order valence-corrected chi connectivity index (χ2v) is 8.69. The van der Waals surface area contributed by atoms with Crippen LogP contribution in [0.2, 0.25) is 0 Å². The Bertz CT molecular complexity index is 1660. The molecule has 0 saturated carbocycles. The molecule has 13 heteroatoms. The molecule has 0 aliphatic heterocycles. The Morgan fingerprint density at radius 2 is 1.82 bits per heavy atom. The summed E-state index contributed by atoms with van der Waals surface area (Å²) >= 11 is 0. The van der Waals surface area contributed by atoms with E-state index in [9.17, 15) is 17.6 Å². The van der Waals surface area contributed by atoms with Crippen LogP contribution in [-0.4, -0.2) is 35.7 Å². The van der Waals surface area contributed by atoms with Gasteiger partial charge in [-0.05, 0) is 56.3 Å². The van der Waals surface area contributed by atoms with Crippen LogP contribution in [0, 0.1) is 19.7 Å². The lowest BCUT2D eigenvalue weighted by Crippen LogP contribution is -2.07. The number of nitrogens with one attached hydrogen (secondary N) is 2. The van der Waals surface area contributed by atoms with Gasteiger partial charge in [-0.3, -0.25) is 9.97 Å². The third-order valence-electron chi connectivity index (χ3n) is 5.64. The van der Waals surface area contributed by atoms with E-state index in [2.05, 4.69) is 40.8 Å². The lowest BCUT2D eigenvalue weighted by molar-refractivity contribution is -0.137. The number of nitrogens with zero attached hydrogens (tertiary/aromatic N) is 7. The van der Waals surface area contributed by atoms with Gasteiger partial charge in [-0.25, -0.2) is 24.8 Å². The van der Waals surface area contributed by atoms with Gasteiger partial charge in [-0.2, -0.15) is 18.3 Å². The Morgan fingerprint density at radius 3 is 2.50 bits per heavy atom. The van der Waals surface area contributed by atoms with E-state index in [-0.39, 0.29) is 23.0 Å². The number of hydrazone groups is 1. The number of anilines is 3. The van der Waals surface area contributed by atoms with Gasteiger partial charge in [0.15, 0.2) is 5.82 Å². The van der Waals surface area contributed by atoms with Crippen LogP contribution in [0.5, 0.6) is 0 Å². The standard InChI is InChI=1S/C27H21F4N9/c1-16-14-40(15-34-16)23-9-19(27(29,30)31)8-22(10-23)37-21-6-5-20(33-12-21)13-35-39-26-36-17(2)24(28)25(38-26)18-4-3-7-32-11-18/h3-15,37H,1-2H3,(H,36,38,39)/b35-13+. The molecule has 9 nitrogen and oxygen atoms in total. The summed E-state index contributed by atoms with van der Waals surface area (Å²) in [7, 11) is 0. The minimum Gasteiger partial charge on any atom is -0.354 e. The summed E-state index contributed by atoms with van der Waals surface area (Å²) in [4.78, 5) is 20.6. The molecule has 0 fully saturated rings. The van der Waals surface area contributed by atoms with Gasteiger partial charge in [0.25, 0.3) is 0 Å². The summed E-state index contributed by atoms with van der Waals surface area (Å²) in [5.41, 5.74) is 4.72. The average Bonchev–Trinajstić information content (AvgIpc) is 3.38. The van der Waals surface area contributed by atoms with Gasteiger partial charge in [0.05, 0.1) is 47.1 Å². The van der Waals surface area contributed by atoms with E-state index in [0.717, 1.165) is 12.1 Å². The fourth-order valence-corrected chi connectivity index (χ4v) is 3.74. The maximum Gasteiger partial charge on any atom is 0.416 e. The number of alkyl halides is 3. The molecule has 4 aromatic heterocycles. The van der Waals surface area contributed by atoms with Gasteiger partial charge in [0.2, 0.25) is 5.95 Å². The first-order chi connectivity index (χ1) is 19.2. The van der Waals surface area contributed by atoms with Gasteiger partial charge in [0, 0.05) is 35.5 Å². The summed E-state index contributed by atoms with van der Waals surface area (Å²) in [5, 5.41) is 7.02. The van der Waals surface area contributed by atoms with Crippen molar-refractivity contribution < 1.29 is 17.6 Å². The molecule has 2 N–H and O–H groups in total. The summed E-state index contributed by atoms with van der Waals surface area (Å²) < 4.78 is 56.7. The molecular weight excluding hydrogens is 526 g/mol. The Hall–Kier alpha value is -5.20. The highest BCUT2D eigenvalue weighted by atomic mass is 19.4. The fourth-order valence-electron chi connectivity index (χ4n) is 3.74. The van der Waals surface area contributed by atoms with Crippen LogP contribution in [0.15, 0.2) is 78.7 Å². The van der Waals surface area contributed by atoms with Crippen molar-refractivity contribution in [2.45, 2.75) is 20.0 Å². The largest absolute Gasteiger partial charge is 0.416 e. The summed E-state index contributed by atoms with van der Waals surface area (Å²) in [6.07, 6.45) is 4.50. The molecule has 0 aliphatic carbocycles. The number of imidazole rings is 1. The van der Waals surface area contributed by atoms with Gasteiger partial charge in [-0.15, -0.1) is 0 Å². The quantitative estimate of drug-likeness (QED) is 0.144. The van der Waals surface area contributed by atoms with E-state index in [1.54, 1.807) is 49.6 Å². The molecule has 202 valence electrons. The molecule has 0 unspecified atom stereocenters. The van der Waals surface area contributed by atoms with Crippen LogP contribution < -0.4 is 10.7 Å². The maximum atomic E-state index is 14.5. The van der Waals surface area contributed by atoms with Crippen molar-refractivity contribution in [2.75, 3.05) is 10.7 Å². The smallest absolute Gasteiger partial charge is 0.354 e. The van der Waals surface area contributed by atoms with Crippen LogP contribution >= 0.6 is 0 Å². The number of pyridine rings is 2. The highest BCUT2D eigenvalue weighted by molar-refractivity contribution is 5.78. The number of hydrogen-bond donors (Lipinski definition) is 2. The Kier molecular flexibility index (Phi) is 7.19. The normalized spacial score (nSPS) is 11.7. The Labute approximate surface area is 225 Å². The number of hydrogen-bond acceptors (Lipinski definition) is 8. The number of aromatic nitrogens is 6. The van der Waals surface area contributed by atoms with Crippen LogP contribution in [0.3, 0.4) is 0 Å². The minimum atomic E-state index is -4.53. The Morgan fingerprint density at radius 1 is 0.975 bits per heavy atom. The molecule has 0 aliphatic rings. The van der Waals surface area contributed by atoms with Crippen molar-refractivity contribution in [3.8, 4) is 16.9 Å². The molecule has 5 aromatic rings. The molecule has 4 heterocycles. The van der Waals surface area contributed by atoms with Crippen molar-refractivity contribution in [3.63, 3.8) is 0 Å². The van der Waals surface area contributed by atoms with Gasteiger partial charge >= 0.3 is 6.18 Å². The number of benzene rings is 1. The summed E-state index contributed by atoms with van der Waals surface area (Å²) in [6, 6.07) is 10.3. The SMILES string of the molecule is Cc1cn(-c2cc(Nc3ccc(/C=N/Nc4nc(C)c(F)c(-c5cccnc5)n4)nc3)cc(C(F)(F)F)c2)cn1. The molecule has 0 saturated heterocycles. The van der Waals surface area contributed by atoms with Crippen molar-refractivity contribution >= 4 is 23.5 Å². The zero-order valence-electron chi connectivity index (χ0n) is 21.1. The predicted molar refractivity (Wildman–Crippen MR) is 142 cm³/mol. The molecule has 0 radical (unpaired) electrons. The molecule has 0 atom stereocenters. The average molecular weight is 548 g/mol. The van der Waals surface area contributed by atoms with Crippen LogP contribution in [-0.2, 0) is 6.18 Å².